The first-order chi connectivity index (χ1) is 30.5. The van der Waals surface area contributed by atoms with Gasteiger partial charge in [-0.25, -0.2) is 0 Å². The van der Waals surface area contributed by atoms with Crippen LogP contribution in [-0.4, -0.2) is 17.6 Å². The van der Waals surface area contributed by atoms with Gasteiger partial charge in [0.05, 0.1) is 17.6 Å². The first-order valence-corrected chi connectivity index (χ1v) is 31.3. The summed E-state index contributed by atoms with van der Waals surface area (Å²) in [6.45, 7) is 13.8. The third-order valence-corrected chi connectivity index (χ3v) is 30.3. The fourth-order valence-electron chi connectivity index (χ4n) is 24.6. The van der Waals surface area contributed by atoms with Crippen LogP contribution in [0.4, 0.5) is 0 Å². The zero-order valence-electron chi connectivity index (χ0n) is 36.6. The predicted molar refractivity (Wildman–Crippen MR) is 256 cm³/mol. The molecule has 62 heavy (non-hydrogen) atoms. The van der Waals surface area contributed by atoms with Crippen LogP contribution in [0.25, 0.3) is 12.2 Å². The lowest BCUT2D eigenvalue weighted by molar-refractivity contribution is -0.124. The van der Waals surface area contributed by atoms with E-state index in [0.717, 1.165) is 142 Å². The van der Waals surface area contributed by atoms with Gasteiger partial charge in [0, 0.05) is 23.2 Å². The van der Waals surface area contributed by atoms with E-state index in [1.165, 1.54) is 23.2 Å². The Hall–Kier alpha value is -3.21. The van der Waals surface area contributed by atoms with Crippen molar-refractivity contribution in [2.45, 2.75) is 38.0 Å². The SMILES string of the molecule is C=Cc1ccc([SiH](C)CC2=CC3(C[SiH](C)c4ccc(C=C)cc4)C4C=CC5C6C7=C8C9C(=C64)C3C3C2C2C=CC4C6CCC%10C%11C=CC5C7C%11C5C8C7C9C3C2C4C7C6C%105)cc1. The molecule has 310 valence electrons. The van der Waals surface area contributed by atoms with Gasteiger partial charge in [-0.05, 0) is 166 Å². The van der Waals surface area contributed by atoms with E-state index in [0.29, 0.717) is 5.92 Å². The Bertz CT molecular complexity index is 2700. The molecule has 0 bridgehead atoms. The molecule has 2 aromatic rings. The van der Waals surface area contributed by atoms with E-state index in [2.05, 4.69) is 140 Å². The molecule has 2 aromatic carbocycles. The minimum Gasteiger partial charge on any atom is -0.0985 e. The Morgan fingerprint density at radius 3 is 1.85 bits per heavy atom. The van der Waals surface area contributed by atoms with Gasteiger partial charge in [-0.2, -0.15) is 0 Å². The Morgan fingerprint density at radius 1 is 0.516 bits per heavy atom. The molecule has 0 amide bonds. The summed E-state index contributed by atoms with van der Waals surface area (Å²) in [6.07, 6.45) is 28.3. The zero-order chi connectivity index (χ0) is 40.1. The van der Waals surface area contributed by atoms with E-state index in [1.54, 1.807) is 23.2 Å². The van der Waals surface area contributed by atoms with Crippen molar-refractivity contribution < 1.29 is 0 Å². The maximum absolute atomic E-state index is 4.14. The summed E-state index contributed by atoms with van der Waals surface area (Å²) in [6, 6.07) is 22.4. The molecule has 9 saturated carbocycles. The number of hydrogen-bond acceptors (Lipinski definition) is 0. The van der Waals surface area contributed by atoms with Gasteiger partial charge in [0.1, 0.15) is 0 Å². The summed E-state index contributed by atoms with van der Waals surface area (Å²) in [5.41, 5.74) is 13.5. The molecule has 0 heterocycles. The highest BCUT2D eigenvalue weighted by Crippen LogP contribution is 2.91. The van der Waals surface area contributed by atoms with Crippen molar-refractivity contribution in [1.29, 1.82) is 0 Å². The van der Waals surface area contributed by atoms with Gasteiger partial charge in [0.25, 0.3) is 0 Å². The van der Waals surface area contributed by atoms with E-state index in [9.17, 15) is 0 Å². The minimum absolute atomic E-state index is 0.245. The second-order valence-electron chi connectivity index (χ2n) is 25.4. The van der Waals surface area contributed by atoms with Crippen LogP contribution >= 0.6 is 0 Å². The molecule has 0 nitrogen and oxygen atoms in total. The maximum Gasteiger partial charge on any atom is 0.0717 e. The van der Waals surface area contributed by atoms with Crippen LogP contribution in [0.1, 0.15) is 24.0 Å². The summed E-state index contributed by atoms with van der Waals surface area (Å²) >= 11 is 0. The highest BCUT2D eigenvalue weighted by Gasteiger charge is 2.85. The van der Waals surface area contributed by atoms with Crippen LogP contribution in [0.5, 0.6) is 0 Å². The number of rotatable bonds is 8. The van der Waals surface area contributed by atoms with Crippen LogP contribution in [0.2, 0.25) is 25.2 Å². The first kappa shape index (κ1) is 34.2. The quantitative estimate of drug-likeness (QED) is 0.184. The van der Waals surface area contributed by atoms with Gasteiger partial charge in [-0.3, -0.25) is 0 Å². The van der Waals surface area contributed by atoms with Gasteiger partial charge in [-0.1, -0.05) is 168 Å². The standard InChI is InChI=1S/C60H62Si2/c1-5-26-7-11-29(12-8-26)61(3)24-28-23-60(25-62(4)30-13-9-27(6-2)10-14-30)38-22-21-36-34-18-17-32-31-15-16-33-35-19-20-37-39(28)57-51-46(37)44(35)49-41(33)40(31)48-42(32)43(34)50-45(36)47(38)58(59(57)60)56-54(50)52(48)53(49)55(51)56/h5-14,17-23,31-46,48-49,51-53,55-57,59,61-62H,1-2,15-16,24-25H2,3-4H3. The van der Waals surface area contributed by atoms with E-state index in [-0.39, 0.29) is 5.41 Å². The van der Waals surface area contributed by atoms with E-state index in [4.69, 9.17) is 0 Å². The lowest BCUT2D eigenvalue weighted by atomic mass is 9.43. The maximum atomic E-state index is 4.14. The summed E-state index contributed by atoms with van der Waals surface area (Å²) in [5, 5.41) is 3.36. The Kier molecular flexibility index (Phi) is 5.92. The summed E-state index contributed by atoms with van der Waals surface area (Å²) in [4.78, 5) is 0. The lowest BCUT2D eigenvalue weighted by Gasteiger charge is -2.61. The van der Waals surface area contributed by atoms with Crippen LogP contribution in [-0.2, 0) is 0 Å². The largest absolute Gasteiger partial charge is 0.0985 e. The fourth-order valence-corrected chi connectivity index (χ4v) is 29.5. The summed E-state index contributed by atoms with van der Waals surface area (Å²) in [5.74, 6) is 22.4. The van der Waals surface area contributed by atoms with Crippen molar-refractivity contribution in [3.8, 4) is 0 Å². The first-order valence-electron chi connectivity index (χ1n) is 26.2. The second kappa shape index (κ2) is 10.7. The Balaban J connectivity index is 0.915. The van der Waals surface area contributed by atoms with Crippen molar-refractivity contribution in [2.24, 2.45) is 153 Å². The van der Waals surface area contributed by atoms with E-state index < -0.39 is 17.6 Å². The van der Waals surface area contributed by atoms with Crippen LogP contribution in [0, 0.1) is 153 Å². The van der Waals surface area contributed by atoms with Crippen LogP contribution in [0.3, 0.4) is 0 Å². The molecule has 0 aromatic heterocycles. The number of benzene rings is 2. The van der Waals surface area contributed by atoms with Gasteiger partial charge in [-0.15, -0.1) is 0 Å². The highest BCUT2D eigenvalue weighted by atomic mass is 28.3. The molecule has 0 aliphatic heterocycles. The molecule has 0 saturated heterocycles. The average molecular weight is 839 g/mol. The van der Waals surface area contributed by atoms with Gasteiger partial charge < -0.3 is 0 Å². The molecular weight excluding hydrogens is 777 g/mol. The smallest absolute Gasteiger partial charge is 0.0717 e. The number of fused-ring (bicyclic) bond motifs is 5. The molecule has 18 rings (SSSR count). The molecule has 2 heteroatoms. The van der Waals surface area contributed by atoms with Gasteiger partial charge in [0.2, 0.25) is 0 Å². The van der Waals surface area contributed by atoms with E-state index in [1.807, 2.05) is 17.7 Å². The minimum atomic E-state index is -1.33. The molecule has 28 atom stereocenters. The normalized spacial score (nSPS) is 56.9. The fraction of sp³-hybridized carbons (Fsp3) is 0.533. The van der Waals surface area contributed by atoms with Gasteiger partial charge in [0.15, 0.2) is 0 Å². The zero-order valence-corrected chi connectivity index (χ0v) is 39.0. The molecule has 9 fully saturated rings. The number of hydrogen-bond donors (Lipinski definition) is 0. The van der Waals surface area contributed by atoms with Crippen molar-refractivity contribution in [3.63, 3.8) is 0 Å². The predicted octanol–water partition coefficient (Wildman–Crippen LogP) is 10.4. The van der Waals surface area contributed by atoms with Crippen LogP contribution < -0.4 is 10.4 Å². The second-order valence-corrected chi connectivity index (χ2v) is 31.1. The lowest BCUT2D eigenvalue weighted by Crippen LogP contribution is -2.58. The molecule has 16 aliphatic carbocycles. The summed E-state index contributed by atoms with van der Waals surface area (Å²) < 4.78 is 0. The number of allylic oxidation sites excluding steroid dienone is 12. The third-order valence-electron chi connectivity index (χ3n) is 24.9. The van der Waals surface area contributed by atoms with Crippen molar-refractivity contribution >= 4 is 40.1 Å². The van der Waals surface area contributed by atoms with Gasteiger partial charge >= 0.3 is 0 Å². The van der Waals surface area contributed by atoms with Crippen molar-refractivity contribution in [2.75, 3.05) is 0 Å². The summed E-state index contributed by atoms with van der Waals surface area (Å²) in [7, 11) is -2.59. The molecule has 0 spiro atoms. The van der Waals surface area contributed by atoms with Crippen LogP contribution in [0.15, 0.2) is 132 Å². The average Bonchev–Trinajstić information content (AvgIpc) is 4.13. The van der Waals surface area contributed by atoms with E-state index >= 15 is 0 Å². The van der Waals surface area contributed by atoms with Crippen molar-refractivity contribution in [1.82, 2.24) is 0 Å². The molecule has 16 aliphatic rings. The molecule has 28 unspecified atom stereocenters. The third kappa shape index (κ3) is 3.32. The Morgan fingerprint density at radius 2 is 1.11 bits per heavy atom. The molecular formula is C60H62Si2. The van der Waals surface area contributed by atoms with Crippen molar-refractivity contribution in [3.05, 3.63) is 143 Å². The molecule has 0 radical (unpaired) electrons. The molecule has 0 N–H and O–H groups in total. The topological polar surface area (TPSA) is 0 Å². The highest BCUT2D eigenvalue weighted by molar-refractivity contribution is 6.73. The monoisotopic (exact) mass is 838 g/mol. The Labute approximate surface area is 372 Å².